The molecule has 0 fully saturated rings. The van der Waals surface area contributed by atoms with Gasteiger partial charge in [-0.1, -0.05) is 44.2 Å². The van der Waals surface area contributed by atoms with Crippen molar-refractivity contribution in [3.05, 3.63) is 30.3 Å². The third-order valence-corrected chi connectivity index (χ3v) is 3.34. The Morgan fingerprint density at radius 1 is 1.17 bits per heavy atom. The fourth-order valence-corrected chi connectivity index (χ4v) is 2.08. The van der Waals surface area contributed by atoms with Gasteiger partial charge in [-0.05, 0) is 18.1 Å². The first-order valence-corrected chi connectivity index (χ1v) is 7.28. The van der Waals surface area contributed by atoms with Crippen LogP contribution in [0.4, 0.5) is 0 Å². The highest BCUT2D eigenvalue weighted by atomic mass is 16.4. The summed E-state index contributed by atoms with van der Waals surface area (Å²) in [4.78, 5) is 24.5. The molecule has 1 heterocycles. The molecule has 1 aromatic carbocycles. The zero-order valence-corrected chi connectivity index (χ0v) is 13.2. The molecule has 122 valence electrons. The van der Waals surface area contributed by atoms with Crippen molar-refractivity contribution in [3.63, 3.8) is 0 Å². The number of nitrogens with one attached hydrogen (secondary N) is 1. The van der Waals surface area contributed by atoms with E-state index in [2.05, 4.69) is 20.7 Å². The molecule has 0 aliphatic rings. The molecule has 0 saturated carbocycles. The van der Waals surface area contributed by atoms with Crippen molar-refractivity contribution in [2.24, 2.45) is 5.92 Å². The van der Waals surface area contributed by atoms with Gasteiger partial charge in [-0.25, -0.2) is 0 Å². The SMILES string of the molecule is CC(NC(=O)C(C(C)C)n1nnc(-c2ccccc2)n1)C(=O)O. The topological polar surface area (TPSA) is 110 Å². The van der Waals surface area contributed by atoms with Crippen LogP contribution < -0.4 is 5.32 Å². The van der Waals surface area contributed by atoms with Gasteiger partial charge in [0.05, 0.1) is 0 Å². The largest absolute Gasteiger partial charge is 0.480 e. The van der Waals surface area contributed by atoms with Gasteiger partial charge in [-0.3, -0.25) is 9.59 Å². The molecular weight excluding hydrogens is 298 g/mol. The van der Waals surface area contributed by atoms with E-state index in [0.717, 1.165) is 5.56 Å². The molecule has 0 radical (unpaired) electrons. The van der Waals surface area contributed by atoms with E-state index < -0.39 is 24.0 Å². The van der Waals surface area contributed by atoms with Gasteiger partial charge in [0, 0.05) is 5.56 Å². The zero-order chi connectivity index (χ0) is 17.0. The number of benzene rings is 1. The first kappa shape index (κ1) is 16.6. The third kappa shape index (κ3) is 3.91. The standard InChI is InChI=1S/C15H19N5O3/c1-9(2)12(14(21)16-10(3)15(22)23)20-18-13(17-19-20)11-7-5-4-6-8-11/h4-10,12H,1-3H3,(H,16,21)(H,22,23). The Bertz CT molecular complexity index is 683. The van der Waals surface area contributed by atoms with Crippen LogP contribution in [0.5, 0.6) is 0 Å². The quantitative estimate of drug-likeness (QED) is 0.826. The molecule has 0 aliphatic carbocycles. The van der Waals surface area contributed by atoms with Crippen LogP contribution in [-0.4, -0.2) is 43.2 Å². The summed E-state index contributed by atoms with van der Waals surface area (Å²) < 4.78 is 0. The van der Waals surface area contributed by atoms with Crippen LogP contribution in [0.3, 0.4) is 0 Å². The molecule has 2 aromatic rings. The molecule has 0 aliphatic heterocycles. The summed E-state index contributed by atoms with van der Waals surface area (Å²) in [7, 11) is 0. The van der Waals surface area contributed by atoms with E-state index in [1.54, 1.807) is 0 Å². The summed E-state index contributed by atoms with van der Waals surface area (Å²) in [6, 6.07) is 7.57. The van der Waals surface area contributed by atoms with Crippen LogP contribution in [0.2, 0.25) is 0 Å². The monoisotopic (exact) mass is 317 g/mol. The Hall–Kier alpha value is -2.77. The second kappa shape index (κ2) is 6.99. The highest BCUT2D eigenvalue weighted by Crippen LogP contribution is 2.18. The normalized spacial score (nSPS) is 13.6. The van der Waals surface area contributed by atoms with Crippen LogP contribution >= 0.6 is 0 Å². The minimum atomic E-state index is -1.10. The maximum Gasteiger partial charge on any atom is 0.325 e. The van der Waals surface area contributed by atoms with Crippen LogP contribution in [0.15, 0.2) is 30.3 Å². The Balaban J connectivity index is 2.23. The van der Waals surface area contributed by atoms with Gasteiger partial charge in [0.25, 0.3) is 0 Å². The number of nitrogens with zero attached hydrogens (tertiary/aromatic N) is 4. The molecule has 1 amide bonds. The van der Waals surface area contributed by atoms with Crippen LogP contribution in [-0.2, 0) is 9.59 Å². The van der Waals surface area contributed by atoms with Crippen molar-refractivity contribution in [2.45, 2.75) is 32.9 Å². The zero-order valence-electron chi connectivity index (χ0n) is 13.2. The van der Waals surface area contributed by atoms with E-state index in [4.69, 9.17) is 5.11 Å². The molecule has 8 heteroatoms. The van der Waals surface area contributed by atoms with Crippen molar-refractivity contribution in [1.29, 1.82) is 0 Å². The van der Waals surface area contributed by atoms with Gasteiger partial charge >= 0.3 is 5.97 Å². The minimum Gasteiger partial charge on any atom is -0.480 e. The Morgan fingerprint density at radius 2 is 1.83 bits per heavy atom. The average Bonchev–Trinajstić information content (AvgIpc) is 2.97. The molecule has 2 N–H and O–H groups in total. The number of hydrogen-bond acceptors (Lipinski definition) is 5. The van der Waals surface area contributed by atoms with E-state index in [0.29, 0.717) is 5.82 Å². The van der Waals surface area contributed by atoms with E-state index in [1.165, 1.54) is 11.7 Å². The molecule has 0 bridgehead atoms. The van der Waals surface area contributed by atoms with Gasteiger partial charge in [0.15, 0.2) is 6.04 Å². The average molecular weight is 317 g/mol. The number of aliphatic carboxylic acids is 1. The van der Waals surface area contributed by atoms with Crippen LogP contribution in [0.1, 0.15) is 26.8 Å². The molecular formula is C15H19N5O3. The molecule has 2 unspecified atom stereocenters. The Morgan fingerprint density at radius 3 is 2.39 bits per heavy atom. The number of aromatic nitrogens is 4. The summed E-state index contributed by atoms with van der Waals surface area (Å²) in [6.45, 7) is 5.07. The number of carbonyl (C=O) groups excluding carboxylic acids is 1. The summed E-state index contributed by atoms with van der Waals surface area (Å²) in [6.07, 6.45) is 0. The molecule has 0 spiro atoms. The second-order valence-electron chi connectivity index (χ2n) is 5.56. The van der Waals surface area contributed by atoms with Crippen LogP contribution in [0.25, 0.3) is 11.4 Å². The first-order valence-electron chi connectivity index (χ1n) is 7.28. The van der Waals surface area contributed by atoms with Crippen molar-refractivity contribution < 1.29 is 14.7 Å². The number of carboxylic acids is 1. The smallest absolute Gasteiger partial charge is 0.325 e. The third-order valence-electron chi connectivity index (χ3n) is 3.34. The van der Waals surface area contributed by atoms with Gasteiger partial charge in [-0.2, -0.15) is 4.80 Å². The number of amides is 1. The predicted octanol–water partition coefficient (Wildman–Crippen LogP) is 1.13. The lowest BCUT2D eigenvalue weighted by Gasteiger charge is -2.20. The van der Waals surface area contributed by atoms with Crippen molar-refractivity contribution in [3.8, 4) is 11.4 Å². The lowest BCUT2D eigenvalue weighted by Crippen LogP contribution is -2.44. The molecule has 2 rings (SSSR count). The highest BCUT2D eigenvalue weighted by molar-refractivity contribution is 5.85. The lowest BCUT2D eigenvalue weighted by molar-refractivity contribution is -0.142. The molecule has 1 aromatic heterocycles. The summed E-state index contributed by atoms with van der Waals surface area (Å²) in [5.74, 6) is -1.27. The molecule has 0 saturated heterocycles. The number of carbonyl (C=O) groups is 2. The maximum atomic E-state index is 12.3. The molecule has 23 heavy (non-hydrogen) atoms. The van der Waals surface area contributed by atoms with Crippen molar-refractivity contribution in [2.75, 3.05) is 0 Å². The Kier molecular flexibility index (Phi) is 5.05. The van der Waals surface area contributed by atoms with E-state index in [9.17, 15) is 9.59 Å². The van der Waals surface area contributed by atoms with E-state index in [-0.39, 0.29) is 5.92 Å². The molecule has 2 atom stereocenters. The number of hydrogen-bond donors (Lipinski definition) is 2. The lowest BCUT2D eigenvalue weighted by atomic mass is 10.0. The fourth-order valence-electron chi connectivity index (χ4n) is 2.08. The number of carboxylic acid groups (broad SMARTS) is 1. The number of rotatable bonds is 6. The molecule has 8 nitrogen and oxygen atoms in total. The van der Waals surface area contributed by atoms with Gasteiger partial charge in [0.2, 0.25) is 11.7 Å². The van der Waals surface area contributed by atoms with Crippen LogP contribution in [0, 0.1) is 5.92 Å². The van der Waals surface area contributed by atoms with Crippen molar-refractivity contribution in [1.82, 2.24) is 25.5 Å². The second-order valence-corrected chi connectivity index (χ2v) is 5.56. The van der Waals surface area contributed by atoms with Crippen molar-refractivity contribution >= 4 is 11.9 Å². The van der Waals surface area contributed by atoms with Gasteiger partial charge in [0.1, 0.15) is 6.04 Å². The summed E-state index contributed by atoms with van der Waals surface area (Å²) >= 11 is 0. The first-order chi connectivity index (χ1) is 10.9. The van der Waals surface area contributed by atoms with Gasteiger partial charge in [-0.15, -0.1) is 10.2 Å². The summed E-state index contributed by atoms with van der Waals surface area (Å²) in [5.41, 5.74) is 0.792. The number of tetrazole rings is 1. The Labute approximate surface area is 133 Å². The maximum absolute atomic E-state index is 12.3. The van der Waals surface area contributed by atoms with Gasteiger partial charge < -0.3 is 10.4 Å². The minimum absolute atomic E-state index is 0.131. The van der Waals surface area contributed by atoms with E-state index in [1.807, 2.05) is 44.2 Å². The fraction of sp³-hybridized carbons (Fsp3) is 0.400. The predicted molar refractivity (Wildman–Crippen MR) is 82.4 cm³/mol. The van der Waals surface area contributed by atoms with E-state index >= 15 is 0 Å². The highest BCUT2D eigenvalue weighted by Gasteiger charge is 2.29. The summed E-state index contributed by atoms with van der Waals surface area (Å²) in [5, 5.41) is 23.5.